The van der Waals surface area contributed by atoms with Crippen LogP contribution in [0.4, 0.5) is 0 Å². The maximum absolute atomic E-state index is 9.55. The molecule has 2 heteroatoms. The number of rotatable bonds is 4. The molecule has 1 saturated heterocycles. The lowest BCUT2D eigenvalue weighted by molar-refractivity contribution is 0.119. The van der Waals surface area contributed by atoms with Gasteiger partial charge in [0.05, 0.1) is 6.10 Å². The van der Waals surface area contributed by atoms with Crippen LogP contribution in [0, 0.1) is 0 Å². The molecule has 0 aromatic carbocycles. The molecule has 1 fully saturated rings. The minimum absolute atomic E-state index is 0.169. The van der Waals surface area contributed by atoms with E-state index in [1.807, 2.05) is 6.92 Å². The number of aliphatic hydroxyl groups is 1. The fourth-order valence-corrected chi connectivity index (χ4v) is 2.44. The smallest absolute Gasteiger partial charge is 0.0527 e. The normalized spacial score (nSPS) is 24.9. The topological polar surface area (TPSA) is 23.5 Å². The summed E-state index contributed by atoms with van der Waals surface area (Å²) in [5.41, 5.74) is 1.39. The highest BCUT2D eigenvalue weighted by atomic mass is 16.3. The fraction of sp³-hybridized carbons (Fsp3) is 0.857. The number of allylic oxidation sites excluding steroid dienone is 1. The molecular formula is C14H27NO. The zero-order valence-corrected chi connectivity index (χ0v) is 11.1. The van der Waals surface area contributed by atoms with Gasteiger partial charge in [-0.1, -0.05) is 24.5 Å². The summed E-state index contributed by atoms with van der Waals surface area (Å²) in [5, 5.41) is 9.55. The summed E-state index contributed by atoms with van der Waals surface area (Å²) in [6.45, 7) is 8.47. The van der Waals surface area contributed by atoms with Crippen molar-refractivity contribution in [1.29, 1.82) is 0 Å². The molecule has 0 bridgehead atoms. The number of nitrogens with zero attached hydrogens (tertiary/aromatic N) is 1. The van der Waals surface area contributed by atoms with Crippen LogP contribution < -0.4 is 0 Å². The van der Waals surface area contributed by atoms with Gasteiger partial charge >= 0.3 is 0 Å². The van der Waals surface area contributed by atoms with Gasteiger partial charge in [-0.3, -0.25) is 4.90 Å². The van der Waals surface area contributed by atoms with Crippen LogP contribution >= 0.6 is 0 Å². The number of hydrogen-bond donors (Lipinski definition) is 1. The van der Waals surface area contributed by atoms with Gasteiger partial charge in [-0.05, 0) is 46.6 Å². The first-order valence-electron chi connectivity index (χ1n) is 6.65. The average molecular weight is 225 g/mol. The molecule has 16 heavy (non-hydrogen) atoms. The molecule has 0 radical (unpaired) electrons. The first-order chi connectivity index (χ1) is 7.59. The summed E-state index contributed by atoms with van der Waals surface area (Å²) in [5.74, 6) is 0. The molecule has 0 aromatic rings. The summed E-state index contributed by atoms with van der Waals surface area (Å²) in [6, 6.07) is 0.582. The Bertz CT molecular complexity index is 219. The second kappa shape index (κ2) is 7.08. The van der Waals surface area contributed by atoms with Crippen molar-refractivity contribution in [2.24, 2.45) is 0 Å². The molecule has 1 aliphatic heterocycles. The Morgan fingerprint density at radius 3 is 2.75 bits per heavy atom. The number of aliphatic hydroxyl groups excluding tert-OH is 1. The first-order valence-corrected chi connectivity index (χ1v) is 6.65. The lowest BCUT2D eigenvalue weighted by Crippen LogP contribution is -2.37. The van der Waals surface area contributed by atoms with E-state index in [2.05, 4.69) is 24.8 Å². The predicted octanol–water partition coefficient (Wildman–Crippen LogP) is 2.97. The minimum Gasteiger partial charge on any atom is -0.393 e. The molecule has 1 N–H and O–H groups in total. The van der Waals surface area contributed by atoms with Gasteiger partial charge in [-0.15, -0.1) is 0 Å². The van der Waals surface area contributed by atoms with E-state index >= 15 is 0 Å². The molecule has 0 aromatic heterocycles. The van der Waals surface area contributed by atoms with E-state index in [0.29, 0.717) is 6.04 Å². The highest BCUT2D eigenvalue weighted by molar-refractivity contribution is 4.96. The third-order valence-corrected chi connectivity index (χ3v) is 3.35. The van der Waals surface area contributed by atoms with Crippen molar-refractivity contribution in [1.82, 2.24) is 4.90 Å². The van der Waals surface area contributed by atoms with E-state index in [1.165, 1.54) is 37.8 Å². The van der Waals surface area contributed by atoms with Crippen LogP contribution in [-0.4, -0.2) is 35.2 Å². The standard InChI is InChI=1S/C14H27NO/c1-12(2)8-10-15-9-6-4-5-7-14(15)11-13(3)16/h8,13-14,16H,4-7,9-11H2,1-3H3. The van der Waals surface area contributed by atoms with Gasteiger partial charge in [0.25, 0.3) is 0 Å². The monoisotopic (exact) mass is 225 g/mol. The van der Waals surface area contributed by atoms with Gasteiger partial charge in [-0.2, -0.15) is 0 Å². The Kier molecular flexibility index (Phi) is 6.07. The predicted molar refractivity (Wildman–Crippen MR) is 69.6 cm³/mol. The van der Waals surface area contributed by atoms with Crippen LogP contribution in [0.2, 0.25) is 0 Å². The summed E-state index contributed by atoms with van der Waals surface area (Å²) >= 11 is 0. The molecule has 94 valence electrons. The largest absolute Gasteiger partial charge is 0.393 e. The van der Waals surface area contributed by atoms with E-state index in [0.717, 1.165) is 13.0 Å². The number of likely N-dealkylation sites (tertiary alicyclic amines) is 1. The second-order valence-electron chi connectivity index (χ2n) is 5.36. The van der Waals surface area contributed by atoms with Crippen molar-refractivity contribution in [3.8, 4) is 0 Å². The Labute approximate surface area is 100 Å². The lowest BCUT2D eigenvalue weighted by Gasteiger charge is -2.30. The van der Waals surface area contributed by atoms with E-state index in [9.17, 15) is 5.11 Å². The molecule has 2 atom stereocenters. The molecule has 1 aliphatic rings. The number of hydrogen-bond acceptors (Lipinski definition) is 2. The SMILES string of the molecule is CC(C)=CCN1CCCCCC1CC(C)O. The van der Waals surface area contributed by atoms with Crippen LogP contribution in [0.3, 0.4) is 0 Å². The Morgan fingerprint density at radius 2 is 2.12 bits per heavy atom. The van der Waals surface area contributed by atoms with E-state index in [-0.39, 0.29) is 6.10 Å². The summed E-state index contributed by atoms with van der Waals surface area (Å²) < 4.78 is 0. The molecule has 2 unspecified atom stereocenters. The molecule has 0 aliphatic carbocycles. The van der Waals surface area contributed by atoms with Crippen LogP contribution in [0.15, 0.2) is 11.6 Å². The van der Waals surface area contributed by atoms with Gasteiger partial charge in [0.2, 0.25) is 0 Å². The molecule has 1 rings (SSSR count). The summed E-state index contributed by atoms with van der Waals surface area (Å²) in [7, 11) is 0. The zero-order chi connectivity index (χ0) is 12.0. The van der Waals surface area contributed by atoms with Gasteiger partial charge in [-0.25, -0.2) is 0 Å². The lowest BCUT2D eigenvalue weighted by atomic mass is 10.0. The minimum atomic E-state index is -0.169. The second-order valence-corrected chi connectivity index (χ2v) is 5.36. The molecular weight excluding hydrogens is 198 g/mol. The van der Waals surface area contributed by atoms with Crippen LogP contribution in [0.5, 0.6) is 0 Å². The Balaban J connectivity index is 2.54. The summed E-state index contributed by atoms with van der Waals surface area (Å²) in [6.07, 6.45) is 8.30. The van der Waals surface area contributed by atoms with Crippen molar-refractivity contribution < 1.29 is 5.11 Å². The zero-order valence-electron chi connectivity index (χ0n) is 11.1. The highest BCUT2D eigenvalue weighted by Crippen LogP contribution is 2.20. The van der Waals surface area contributed by atoms with Crippen LogP contribution in [0.1, 0.15) is 52.9 Å². The maximum Gasteiger partial charge on any atom is 0.0527 e. The maximum atomic E-state index is 9.55. The third kappa shape index (κ3) is 5.13. The summed E-state index contributed by atoms with van der Waals surface area (Å²) in [4.78, 5) is 2.55. The fourth-order valence-electron chi connectivity index (χ4n) is 2.44. The quantitative estimate of drug-likeness (QED) is 0.744. The Hall–Kier alpha value is -0.340. The van der Waals surface area contributed by atoms with Gasteiger partial charge in [0.15, 0.2) is 0 Å². The molecule has 1 heterocycles. The van der Waals surface area contributed by atoms with Crippen LogP contribution in [0.25, 0.3) is 0 Å². The molecule has 0 amide bonds. The van der Waals surface area contributed by atoms with Crippen molar-refractivity contribution in [2.45, 2.75) is 65.0 Å². The average Bonchev–Trinajstić information content (AvgIpc) is 2.39. The van der Waals surface area contributed by atoms with Crippen molar-refractivity contribution in [2.75, 3.05) is 13.1 Å². The van der Waals surface area contributed by atoms with Gasteiger partial charge in [0.1, 0.15) is 0 Å². The third-order valence-electron chi connectivity index (χ3n) is 3.35. The van der Waals surface area contributed by atoms with Crippen molar-refractivity contribution in [3.63, 3.8) is 0 Å². The van der Waals surface area contributed by atoms with Gasteiger partial charge in [0, 0.05) is 12.6 Å². The molecule has 0 spiro atoms. The van der Waals surface area contributed by atoms with Crippen LogP contribution in [-0.2, 0) is 0 Å². The Morgan fingerprint density at radius 1 is 1.38 bits per heavy atom. The van der Waals surface area contributed by atoms with E-state index in [4.69, 9.17) is 0 Å². The van der Waals surface area contributed by atoms with E-state index < -0.39 is 0 Å². The molecule has 2 nitrogen and oxygen atoms in total. The van der Waals surface area contributed by atoms with E-state index in [1.54, 1.807) is 0 Å². The highest BCUT2D eigenvalue weighted by Gasteiger charge is 2.21. The van der Waals surface area contributed by atoms with Crippen molar-refractivity contribution in [3.05, 3.63) is 11.6 Å². The molecule has 0 saturated carbocycles. The van der Waals surface area contributed by atoms with Gasteiger partial charge < -0.3 is 5.11 Å². The van der Waals surface area contributed by atoms with Crippen molar-refractivity contribution >= 4 is 0 Å². The first kappa shape index (κ1) is 13.7.